The van der Waals surface area contributed by atoms with Crippen molar-refractivity contribution in [2.24, 2.45) is 11.7 Å². The molecule has 1 atom stereocenters. The second-order valence-corrected chi connectivity index (χ2v) is 4.83. The number of amides is 2. The Labute approximate surface area is 107 Å². The first-order chi connectivity index (χ1) is 7.65. The summed E-state index contributed by atoms with van der Waals surface area (Å²) in [7, 11) is 0. The summed E-state index contributed by atoms with van der Waals surface area (Å²) in [5, 5.41) is 5.69. The third-order valence-corrected chi connectivity index (χ3v) is 3.47. The zero-order chi connectivity index (χ0) is 11.5. The van der Waals surface area contributed by atoms with Crippen molar-refractivity contribution >= 4 is 24.2 Å². The molecule has 5 nitrogen and oxygen atoms in total. The molecule has 0 aromatic rings. The van der Waals surface area contributed by atoms with E-state index in [2.05, 4.69) is 10.6 Å². The first-order valence-electron chi connectivity index (χ1n) is 5.98. The van der Waals surface area contributed by atoms with Crippen molar-refractivity contribution in [2.45, 2.75) is 44.2 Å². The van der Waals surface area contributed by atoms with Gasteiger partial charge in [0.2, 0.25) is 11.8 Å². The number of rotatable bonds is 2. The molecule has 0 aromatic heterocycles. The van der Waals surface area contributed by atoms with Crippen molar-refractivity contribution in [3.63, 3.8) is 0 Å². The van der Waals surface area contributed by atoms with Crippen molar-refractivity contribution in [3.8, 4) is 0 Å². The van der Waals surface area contributed by atoms with Gasteiger partial charge in [-0.05, 0) is 25.7 Å². The largest absolute Gasteiger partial charge is 0.355 e. The van der Waals surface area contributed by atoms with Gasteiger partial charge in [0.25, 0.3) is 0 Å². The van der Waals surface area contributed by atoms with E-state index in [1.807, 2.05) is 0 Å². The van der Waals surface area contributed by atoms with Gasteiger partial charge in [-0.1, -0.05) is 0 Å². The van der Waals surface area contributed by atoms with Gasteiger partial charge >= 0.3 is 0 Å². The second kappa shape index (κ2) is 6.21. The van der Waals surface area contributed by atoms with Gasteiger partial charge in [0, 0.05) is 25.0 Å². The number of hydrogen-bond acceptors (Lipinski definition) is 3. The molecule has 2 amide bonds. The van der Waals surface area contributed by atoms with Crippen molar-refractivity contribution in [1.82, 2.24) is 10.6 Å². The average Bonchev–Trinajstić information content (AvgIpc) is 2.68. The second-order valence-electron chi connectivity index (χ2n) is 4.83. The lowest BCUT2D eigenvalue weighted by molar-refractivity contribution is -0.127. The van der Waals surface area contributed by atoms with Gasteiger partial charge in [-0.2, -0.15) is 0 Å². The number of nitrogens with one attached hydrogen (secondary N) is 2. The molecule has 1 saturated carbocycles. The van der Waals surface area contributed by atoms with Gasteiger partial charge in [-0.3, -0.25) is 9.59 Å². The molecule has 1 saturated heterocycles. The Hall–Kier alpha value is -0.810. The molecule has 0 spiro atoms. The maximum atomic E-state index is 11.8. The van der Waals surface area contributed by atoms with Crippen LogP contribution in [0.5, 0.6) is 0 Å². The molecule has 2 rings (SSSR count). The maximum Gasteiger partial charge on any atom is 0.225 e. The third kappa shape index (κ3) is 3.85. The Bertz CT molecular complexity index is 290. The molecule has 2 aliphatic rings. The van der Waals surface area contributed by atoms with Crippen molar-refractivity contribution < 1.29 is 9.59 Å². The highest BCUT2D eigenvalue weighted by atomic mass is 35.5. The van der Waals surface area contributed by atoms with E-state index in [0.29, 0.717) is 19.0 Å². The quantitative estimate of drug-likeness (QED) is 0.651. The summed E-state index contributed by atoms with van der Waals surface area (Å²) >= 11 is 0. The number of carbonyl (C=O) groups excluding carboxylic acids is 2. The summed E-state index contributed by atoms with van der Waals surface area (Å²) in [6.07, 6.45) is 4.21. The minimum absolute atomic E-state index is 0. The number of hydrogen-bond donors (Lipinski definition) is 3. The van der Waals surface area contributed by atoms with E-state index in [9.17, 15) is 9.59 Å². The molecule has 0 bridgehead atoms. The van der Waals surface area contributed by atoms with Crippen LogP contribution >= 0.6 is 12.4 Å². The van der Waals surface area contributed by atoms with Gasteiger partial charge in [0.15, 0.2) is 0 Å². The van der Waals surface area contributed by atoms with Crippen LogP contribution in [0.25, 0.3) is 0 Å². The fourth-order valence-corrected chi connectivity index (χ4v) is 2.37. The summed E-state index contributed by atoms with van der Waals surface area (Å²) in [5.74, 6) is -0.187. The van der Waals surface area contributed by atoms with Crippen LogP contribution in [0.1, 0.15) is 32.1 Å². The molecule has 1 unspecified atom stereocenters. The van der Waals surface area contributed by atoms with Crippen molar-refractivity contribution in [1.29, 1.82) is 0 Å². The molecule has 2 fully saturated rings. The Kier molecular flexibility index (Phi) is 5.21. The first kappa shape index (κ1) is 14.3. The summed E-state index contributed by atoms with van der Waals surface area (Å²) in [4.78, 5) is 22.8. The number of halogens is 1. The molecule has 98 valence electrons. The fourth-order valence-electron chi connectivity index (χ4n) is 2.37. The van der Waals surface area contributed by atoms with Crippen LogP contribution in [0.4, 0.5) is 0 Å². The smallest absolute Gasteiger partial charge is 0.225 e. The standard InChI is InChI=1S/C11H19N3O2.ClH/c12-8-1-3-9(4-2-8)14-11(16)7-5-10(15)13-6-7;/h7-9H,1-6,12H2,(H,13,15)(H,14,16);1H. The predicted molar refractivity (Wildman–Crippen MR) is 66.7 cm³/mol. The topological polar surface area (TPSA) is 84.2 Å². The Morgan fingerprint density at radius 1 is 1.29 bits per heavy atom. The zero-order valence-electron chi connectivity index (χ0n) is 9.78. The highest BCUT2D eigenvalue weighted by Crippen LogP contribution is 2.18. The lowest BCUT2D eigenvalue weighted by Crippen LogP contribution is -2.43. The molecule has 0 aromatic carbocycles. The lowest BCUT2D eigenvalue weighted by atomic mass is 9.91. The van der Waals surface area contributed by atoms with Crippen molar-refractivity contribution in [2.75, 3.05) is 6.54 Å². The van der Waals surface area contributed by atoms with E-state index in [-0.39, 0.29) is 36.2 Å². The Morgan fingerprint density at radius 3 is 2.47 bits per heavy atom. The number of carbonyl (C=O) groups is 2. The van der Waals surface area contributed by atoms with Crippen LogP contribution in [0.2, 0.25) is 0 Å². The van der Waals surface area contributed by atoms with Gasteiger partial charge in [-0.15, -0.1) is 12.4 Å². The van der Waals surface area contributed by atoms with Crippen LogP contribution in [0.3, 0.4) is 0 Å². The molecule has 17 heavy (non-hydrogen) atoms. The van der Waals surface area contributed by atoms with E-state index in [1.54, 1.807) is 0 Å². The minimum Gasteiger partial charge on any atom is -0.355 e. The summed E-state index contributed by atoms with van der Waals surface area (Å²) in [6, 6.07) is 0.547. The molecule has 4 N–H and O–H groups in total. The van der Waals surface area contributed by atoms with Gasteiger partial charge in [-0.25, -0.2) is 0 Å². The van der Waals surface area contributed by atoms with Gasteiger partial charge < -0.3 is 16.4 Å². The van der Waals surface area contributed by atoms with Crippen LogP contribution in [0.15, 0.2) is 0 Å². The molecular formula is C11H20ClN3O2. The molecule has 1 aliphatic carbocycles. The summed E-state index contributed by atoms with van der Waals surface area (Å²) in [5.41, 5.74) is 5.80. The van der Waals surface area contributed by atoms with E-state index in [0.717, 1.165) is 25.7 Å². The van der Waals surface area contributed by atoms with Gasteiger partial charge in [0.1, 0.15) is 0 Å². The highest BCUT2D eigenvalue weighted by molar-refractivity contribution is 5.89. The van der Waals surface area contributed by atoms with E-state index >= 15 is 0 Å². The normalized spacial score (nSPS) is 32.5. The molecule has 1 aliphatic heterocycles. The van der Waals surface area contributed by atoms with Crippen LogP contribution < -0.4 is 16.4 Å². The Morgan fingerprint density at radius 2 is 1.94 bits per heavy atom. The van der Waals surface area contributed by atoms with E-state index < -0.39 is 0 Å². The Balaban J connectivity index is 0.00000144. The molecule has 0 radical (unpaired) electrons. The molecular weight excluding hydrogens is 242 g/mol. The maximum absolute atomic E-state index is 11.8. The fraction of sp³-hybridized carbons (Fsp3) is 0.818. The molecule has 1 heterocycles. The average molecular weight is 262 g/mol. The van der Waals surface area contributed by atoms with Crippen LogP contribution in [-0.2, 0) is 9.59 Å². The lowest BCUT2D eigenvalue weighted by Gasteiger charge is -2.27. The molecule has 6 heteroatoms. The summed E-state index contributed by atoms with van der Waals surface area (Å²) in [6.45, 7) is 0.483. The van der Waals surface area contributed by atoms with Crippen molar-refractivity contribution in [3.05, 3.63) is 0 Å². The van der Waals surface area contributed by atoms with Crippen LogP contribution in [0, 0.1) is 5.92 Å². The van der Waals surface area contributed by atoms with E-state index in [4.69, 9.17) is 5.73 Å². The monoisotopic (exact) mass is 261 g/mol. The van der Waals surface area contributed by atoms with E-state index in [1.165, 1.54) is 0 Å². The predicted octanol–water partition coefficient (Wildman–Crippen LogP) is -0.0696. The zero-order valence-corrected chi connectivity index (χ0v) is 10.6. The highest BCUT2D eigenvalue weighted by Gasteiger charge is 2.29. The summed E-state index contributed by atoms with van der Waals surface area (Å²) < 4.78 is 0. The van der Waals surface area contributed by atoms with Crippen LogP contribution in [-0.4, -0.2) is 30.4 Å². The SMILES string of the molecule is Cl.NC1CCC(NC(=O)C2CNC(=O)C2)CC1. The van der Waals surface area contributed by atoms with Gasteiger partial charge in [0.05, 0.1) is 5.92 Å². The number of nitrogens with two attached hydrogens (primary N) is 1. The third-order valence-electron chi connectivity index (χ3n) is 3.47. The minimum atomic E-state index is -0.178. The first-order valence-corrected chi connectivity index (χ1v) is 5.98.